The van der Waals surface area contributed by atoms with Crippen molar-refractivity contribution in [2.45, 2.75) is 26.2 Å². The lowest BCUT2D eigenvalue weighted by Gasteiger charge is -2.13. The molecule has 0 amide bonds. The Kier molecular flexibility index (Phi) is 4.51. The standard InChI is InChI=1S/C16H19NO/c1-13(16-8-3-2-4-9-16)18-12-15-7-5-6-14(10-15)11-17/h2-10,13H,11-12,17H2,1H3. The molecule has 0 heterocycles. The minimum absolute atomic E-state index is 0.104. The Hall–Kier alpha value is -1.64. The fourth-order valence-electron chi connectivity index (χ4n) is 1.89. The van der Waals surface area contributed by atoms with Gasteiger partial charge in [0, 0.05) is 6.54 Å². The Morgan fingerprint density at radius 2 is 1.72 bits per heavy atom. The smallest absolute Gasteiger partial charge is 0.0801 e. The number of rotatable bonds is 5. The third kappa shape index (κ3) is 3.42. The molecule has 1 atom stereocenters. The van der Waals surface area contributed by atoms with E-state index in [-0.39, 0.29) is 6.10 Å². The van der Waals surface area contributed by atoms with Crippen molar-refractivity contribution in [2.24, 2.45) is 5.73 Å². The van der Waals surface area contributed by atoms with Crippen LogP contribution in [0.4, 0.5) is 0 Å². The van der Waals surface area contributed by atoms with Crippen molar-refractivity contribution in [3.8, 4) is 0 Å². The highest BCUT2D eigenvalue weighted by atomic mass is 16.5. The molecule has 2 nitrogen and oxygen atoms in total. The van der Waals surface area contributed by atoms with Crippen LogP contribution in [0.2, 0.25) is 0 Å². The summed E-state index contributed by atoms with van der Waals surface area (Å²) in [6.45, 7) is 3.26. The van der Waals surface area contributed by atoms with E-state index in [0.717, 1.165) is 5.56 Å². The molecule has 0 aromatic heterocycles. The molecule has 2 rings (SSSR count). The van der Waals surface area contributed by atoms with Gasteiger partial charge in [-0.25, -0.2) is 0 Å². The second-order valence-electron chi connectivity index (χ2n) is 4.39. The first-order chi connectivity index (χ1) is 8.79. The van der Waals surface area contributed by atoms with Gasteiger partial charge in [-0.1, -0.05) is 54.6 Å². The van der Waals surface area contributed by atoms with Crippen molar-refractivity contribution >= 4 is 0 Å². The number of hydrogen-bond donors (Lipinski definition) is 1. The molecule has 94 valence electrons. The molecular weight excluding hydrogens is 222 g/mol. The summed E-state index contributed by atoms with van der Waals surface area (Å²) in [6.07, 6.45) is 0.104. The van der Waals surface area contributed by atoms with Crippen molar-refractivity contribution < 1.29 is 4.74 Å². The molecule has 0 saturated heterocycles. The van der Waals surface area contributed by atoms with Gasteiger partial charge in [0.05, 0.1) is 12.7 Å². The summed E-state index contributed by atoms with van der Waals surface area (Å²) in [6, 6.07) is 18.5. The predicted molar refractivity (Wildman–Crippen MR) is 74.0 cm³/mol. The average molecular weight is 241 g/mol. The lowest BCUT2D eigenvalue weighted by atomic mass is 10.1. The molecule has 2 N–H and O–H groups in total. The van der Waals surface area contributed by atoms with Crippen LogP contribution in [-0.4, -0.2) is 0 Å². The summed E-state index contributed by atoms with van der Waals surface area (Å²) < 4.78 is 5.87. The molecule has 0 saturated carbocycles. The first-order valence-corrected chi connectivity index (χ1v) is 6.24. The van der Waals surface area contributed by atoms with E-state index in [4.69, 9.17) is 10.5 Å². The highest BCUT2D eigenvalue weighted by Gasteiger charge is 2.05. The highest BCUT2D eigenvalue weighted by molar-refractivity contribution is 5.23. The van der Waals surface area contributed by atoms with Gasteiger partial charge < -0.3 is 10.5 Å². The zero-order valence-corrected chi connectivity index (χ0v) is 10.7. The third-order valence-corrected chi connectivity index (χ3v) is 3.00. The van der Waals surface area contributed by atoms with Gasteiger partial charge in [-0.3, -0.25) is 0 Å². The SMILES string of the molecule is CC(OCc1cccc(CN)c1)c1ccccc1. The molecule has 0 aliphatic rings. The van der Waals surface area contributed by atoms with E-state index in [2.05, 4.69) is 31.2 Å². The Bertz CT molecular complexity index is 481. The molecule has 0 radical (unpaired) electrons. The maximum atomic E-state index is 5.87. The Labute approximate surface area is 108 Å². The van der Waals surface area contributed by atoms with E-state index in [1.807, 2.05) is 30.3 Å². The molecule has 2 aromatic rings. The van der Waals surface area contributed by atoms with Gasteiger partial charge >= 0.3 is 0 Å². The Morgan fingerprint density at radius 3 is 2.44 bits per heavy atom. The summed E-state index contributed by atoms with van der Waals surface area (Å²) in [5, 5.41) is 0. The van der Waals surface area contributed by atoms with E-state index in [1.54, 1.807) is 0 Å². The molecule has 1 unspecified atom stereocenters. The molecule has 18 heavy (non-hydrogen) atoms. The van der Waals surface area contributed by atoms with Gasteiger partial charge in [0.15, 0.2) is 0 Å². The zero-order chi connectivity index (χ0) is 12.8. The van der Waals surface area contributed by atoms with Crippen molar-refractivity contribution in [1.29, 1.82) is 0 Å². The van der Waals surface area contributed by atoms with Gasteiger partial charge in [-0.2, -0.15) is 0 Å². The first-order valence-electron chi connectivity index (χ1n) is 6.24. The maximum Gasteiger partial charge on any atom is 0.0801 e. The molecule has 0 aliphatic heterocycles. The fourth-order valence-corrected chi connectivity index (χ4v) is 1.89. The normalized spacial score (nSPS) is 12.3. The predicted octanol–water partition coefficient (Wildman–Crippen LogP) is 3.42. The van der Waals surface area contributed by atoms with Gasteiger partial charge in [-0.05, 0) is 23.6 Å². The van der Waals surface area contributed by atoms with Crippen LogP contribution in [0.25, 0.3) is 0 Å². The van der Waals surface area contributed by atoms with Crippen LogP contribution >= 0.6 is 0 Å². The summed E-state index contributed by atoms with van der Waals surface area (Å²) in [4.78, 5) is 0. The van der Waals surface area contributed by atoms with Crippen molar-refractivity contribution in [1.82, 2.24) is 0 Å². The second kappa shape index (κ2) is 6.34. The van der Waals surface area contributed by atoms with Crippen LogP contribution in [0.1, 0.15) is 29.7 Å². The van der Waals surface area contributed by atoms with E-state index in [0.29, 0.717) is 13.2 Å². The Morgan fingerprint density at radius 1 is 1.00 bits per heavy atom. The highest BCUT2D eigenvalue weighted by Crippen LogP contribution is 2.18. The summed E-state index contributed by atoms with van der Waals surface area (Å²) in [7, 11) is 0. The first kappa shape index (κ1) is 12.8. The number of nitrogens with two attached hydrogens (primary N) is 1. The van der Waals surface area contributed by atoms with E-state index >= 15 is 0 Å². The lowest BCUT2D eigenvalue weighted by molar-refractivity contribution is 0.0525. The maximum absolute atomic E-state index is 5.87. The van der Waals surface area contributed by atoms with Crippen LogP contribution in [0.15, 0.2) is 54.6 Å². The van der Waals surface area contributed by atoms with Crippen molar-refractivity contribution in [3.63, 3.8) is 0 Å². The second-order valence-corrected chi connectivity index (χ2v) is 4.39. The molecule has 0 bridgehead atoms. The van der Waals surface area contributed by atoms with Gasteiger partial charge in [0.25, 0.3) is 0 Å². The largest absolute Gasteiger partial charge is 0.369 e. The van der Waals surface area contributed by atoms with Crippen LogP contribution < -0.4 is 5.73 Å². The van der Waals surface area contributed by atoms with E-state index in [9.17, 15) is 0 Å². The van der Waals surface area contributed by atoms with Crippen LogP contribution in [0.5, 0.6) is 0 Å². The molecular formula is C16H19NO. The fraction of sp³-hybridized carbons (Fsp3) is 0.250. The molecule has 0 aliphatic carbocycles. The van der Waals surface area contributed by atoms with Crippen LogP contribution in [0.3, 0.4) is 0 Å². The molecule has 0 spiro atoms. The van der Waals surface area contributed by atoms with Gasteiger partial charge in [0.1, 0.15) is 0 Å². The minimum atomic E-state index is 0.104. The molecule has 2 heteroatoms. The Balaban J connectivity index is 1.95. The number of ether oxygens (including phenoxy) is 1. The molecule has 2 aromatic carbocycles. The van der Waals surface area contributed by atoms with Crippen molar-refractivity contribution in [2.75, 3.05) is 0 Å². The van der Waals surface area contributed by atoms with Crippen molar-refractivity contribution in [3.05, 3.63) is 71.3 Å². The topological polar surface area (TPSA) is 35.2 Å². The number of benzene rings is 2. The minimum Gasteiger partial charge on any atom is -0.369 e. The summed E-state index contributed by atoms with van der Waals surface area (Å²) in [5.41, 5.74) is 9.14. The number of hydrogen-bond acceptors (Lipinski definition) is 2. The third-order valence-electron chi connectivity index (χ3n) is 3.00. The van der Waals surface area contributed by atoms with E-state index < -0.39 is 0 Å². The van der Waals surface area contributed by atoms with Crippen LogP contribution in [0, 0.1) is 0 Å². The monoisotopic (exact) mass is 241 g/mol. The van der Waals surface area contributed by atoms with Crippen LogP contribution in [-0.2, 0) is 17.9 Å². The summed E-state index contributed by atoms with van der Waals surface area (Å²) >= 11 is 0. The average Bonchev–Trinajstić information content (AvgIpc) is 2.46. The zero-order valence-electron chi connectivity index (χ0n) is 10.7. The lowest BCUT2D eigenvalue weighted by Crippen LogP contribution is -2.02. The van der Waals surface area contributed by atoms with Gasteiger partial charge in [0.2, 0.25) is 0 Å². The quantitative estimate of drug-likeness (QED) is 0.870. The summed E-state index contributed by atoms with van der Waals surface area (Å²) in [5.74, 6) is 0. The van der Waals surface area contributed by atoms with E-state index in [1.165, 1.54) is 11.1 Å². The molecule has 0 fully saturated rings. The van der Waals surface area contributed by atoms with Gasteiger partial charge in [-0.15, -0.1) is 0 Å².